The van der Waals surface area contributed by atoms with Gasteiger partial charge in [0.25, 0.3) is 0 Å². The van der Waals surface area contributed by atoms with Gasteiger partial charge in [-0.05, 0) is 25.8 Å². The second-order valence-electron chi connectivity index (χ2n) is 4.35. The Morgan fingerprint density at radius 1 is 1.12 bits per heavy atom. The van der Waals surface area contributed by atoms with E-state index in [1.165, 1.54) is 0 Å². The van der Waals surface area contributed by atoms with Crippen molar-refractivity contribution in [2.75, 3.05) is 18.6 Å². The minimum absolute atomic E-state index is 0.266. The maximum absolute atomic E-state index is 11.4. The van der Waals surface area contributed by atoms with Gasteiger partial charge in [0.2, 0.25) is 0 Å². The summed E-state index contributed by atoms with van der Waals surface area (Å²) in [5.41, 5.74) is 0. The van der Waals surface area contributed by atoms with Crippen LogP contribution in [0.1, 0.15) is 46.5 Å². The molecule has 1 atom stereocenters. The van der Waals surface area contributed by atoms with E-state index < -0.39 is 9.84 Å². The van der Waals surface area contributed by atoms with Crippen LogP contribution in [0.4, 0.5) is 0 Å². The lowest BCUT2D eigenvalue weighted by atomic mass is 9.91. The molecule has 4 heteroatoms. The lowest BCUT2D eigenvalue weighted by molar-refractivity contribution is 0.332. The Morgan fingerprint density at radius 3 is 2.06 bits per heavy atom. The fraction of sp³-hybridized carbons (Fsp3) is 1.00. The molecule has 0 aromatic carbocycles. The lowest BCUT2D eigenvalue weighted by Crippen LogP contribution is -2.33. The number of sulfone groups is 1. The Hall–Kier alpha value is -0.0900. The van der Waals surface area contributed by atoms with E-state index in [-0.39, 0.29) is 5.75 Å². The largest absolute Gasteiger partial charge is 0.317 e. The first-order valence-electron chi connectivity index (χ1n) is 6.38. The lowest BCUT2D eigenvalue weighted by Gasteiger charge is -2.24. The smallest absolute Gasteiger partial charge is 0.150 e. The highest BCUT2D eigenvalue weighted by molar-refractivity contribution is 7.91. The number of hydrogen-bond donors (Lipinski definition) is 1. The molecule has 0 bridgehead atoms. The fourth-order valence-corrected chi connectivity index (χ4v) is 3.04. The van der Waals surface area contributed by atoms with Crippen LogP contribution in [-0.4, -0.2) is 33.0 Å². The van der Waals surface area contributed by atoms with Gasteiger partial charge in [-0.25, -0.2) is 8.42 Å². The van der Waals surface area contributed by atoms with Crippen LogP contribution < -0.4 is 5.32 Å². The first kappa shape index (κ1) is 15.9. The van der Waals surface area contributed by atoms with Gasteiger partial charge in [-0.1, -0.05) is 33.6 Å². The minimum Gasteiger partial charge on any atom is -0.317 e. The van der Waals surface area contributed by atoms with E-state index in [1.807, 2.05) is 7.05 Å². The summed E-state index contributed by atoms with van der Waals surface area (Å²) in [7, 11) is -0.821. The molecule has 0 fully saturated rings. The van der Waals surface area contributed by atoms with Crippen LogP contribution in [0.5, 0.6) is 0 Å². The van der Waals surface area contributed by atoms with Crippen molar-refractivity contribution in [3.63, 3.8) is 0 Å². The molecule has 0 heterocycles. The van der Waals surface area contributed by atoms with Crippen LogP contribution in [0.15, 0.2) is 0 Å². The van der Waals surface area contributed by atoms with Gasteiger partial charge in [-0.3, -0.25) is 0 Å². The van der Waals surface area contributed by atoms with Crippen molar-refractivity contribution < 1.29 is 8.42 Å². The summed E-state index contributed by atoms with van der Waals surface area (Å²) in [4.78, 5) is 0. The van der Waals surface area contributed by atoms with Crippen LogP contribution >= 0.6 is 0 Å². The van der Waals surface area contributed by atoms with Crippen molar-refractivity contribution in [2.45, 2.75) is 52.5 Å². The van der Waals surface area contributed by atoms with Crippen LogP contribution in [0.2, 0.25) is 0 Å². The van der Waals surface area contributed by atoms with Gasteiger partial charge < -0.3 is 5.32 Å². The molecule has 0 radical (unpaired) electrons. The van der Waals surface area contributed by atoms with E-state index >= 15 is 0 Å². The van der Waals surface area contributed by atoms with Crippen LogP contribution in [0.25, 0.3) is 0 Å². The molecule has 0 spiro atoms. The topological polar surface area (TPSA) is 46.2 Å². The molecule has 0 aliphatic rings. The molecule has 0 saturated heterocycles. The normalized spacial score (nSPS) is 14.3. The summed E-state index contributed by atoms with van der Waals surface area (Å²) in [6.45, 7) is 6.11. The van der Waals surface area contributed by atoms with Crippen molar-refractivity contribution in [2.24, 2.45) is 5.92 Å². The van der Waals surface area contributed by atoms with Crippen molar-refractivity contribution >= 4 is 9.84 Å². The summed E-state index contributed by atoms with van der Waals surface area (Å²) in [5, 5.41) is 3.31. The predicted molar refractivity (Wildman–Crippen MR) is 70.5 cm³/mol. The molecule has 3 nitrogen and oxygen atoms in total. The highest BCUT2D eigenvalue weighted by atomic mass is 32.2. The second kappa shape index (κ2) is 8.07. The summed E-state index contributed by atoms with van der Waals surface area (Å²) < 4.78 is 22.7. The predicted octanol–water partition coefficient (Wildman–Crippen LogP) is 2.23. The Morgan fingerprint density at radius 2 is 1.69 bits per heavy atom. The molecular formula is C12H27NO2S. The van der Waals surface area contributed by atoms with E-state index in [9.17, 15) is 8.42 Å². The second-order valence-corrected chi connectivity index (χ2v) is 6.82. The molecule has 0 amide bonds. The van der Waals surface area contributed by atoms with Crippen molar-refractivity contribution in [3.8, 4) is 0 Å². The molecule has 0 saturated carbocycles. The Labute approximate surface area is 101 Å². The number of nitrogens with one attached hydrogen (secondary N) is 1. The highest BCUT2D eigenvalue weighted by Gasteiger charge is 2.17. The van der Waals surface area contributed by atoms with Gasteiger partial charge in [0.05, 0.1) is 5.75 Å². The third-order valence-corrected chi connectivity index (χ3v) is 5.19. The maximum Gasteiger partial charge on any atom is 0.150 e. The zero-order chi connectivity index (χ0) is 12.6. The van der Waals surface area contributed by atoms with Crippen molar-refractivity contribution in [3.05, 3.63) is 0 Å². The third kappa shape index (κ3) is 5.85. The van der Waals surface area contributed by atoms with Gasteiger partial charge in [-0.2, -0.15) is 0 Å². The average Bonchev–Trinajstić information content (AvgIpc) is 2.28. The Bertz CT molecular complexity index is 258. The van der Waals surface area contributed by atoms with Crippen molar-refractivity contribution in [1.82, 2.24) is 5.32 Å². The van der Waals surface area contributed by atoms with Gasteiger partial charge in [0, 0.05) is 11.8 Å². The van der Waals surface area contributed by atoms with Crippen molar-refractivity contribution in [1.29, 1.82) is 0 Å². The third-order valence-electron chi connectivity index (χ3n) is 3.40. The van der Waals surface area contributed by atoms with Gasteiger partial charge in [-0.15, -0.1) is 0 Å². The molecule has 0 aliphatic heterocycles. The molecule has 16 heavy (non-hydrogen) atoms. The van der Waals surface area contributed by atoms with E-state index in [0.717, 1.165) is 25.7 Å². The summed E-state index contributed by atoms with van der Waals surface area (Å²) >= 11 is 0. The summed E-state index contributed by atoms with van der Waals surface area (Å²) in [6, 6.07) is 0.460. The van der Waals surface area contributed by atoms with Crippen LogP contribution in [0, 0.1) is 5.92 Å². The molecule has 1 unspecified atom stereocenters. The Balaban J connectivity index is 4.06. The van der Waals surface area contributed by atoms with Gasteiger partial charge >= 0.3 is 0 Å². The molecule has 0 aromatic heterocycles. The van der Waals surface area contributed by atoms with E-state index in [2.05, 4.69) is 19.2 Å². The zero-order valence-corrected chi connectivity index (χ0v) is 11.9. The first-order chi connectivity index (χ1) is 7.50. The maximum atomic E-state index is 11.4. The highest BCUT2D eigenvalue weighted by Crippen LogP contribution is 2.17. The Kier molecular flexibility index (Phi) is 8.02. The minimum atomic E-state index is -2.79. The molecule has 0 rings (SSSR count). The molecule has 98 valence electrons. The zero-order valence-electron chi connectivity index (χ0n) is 11.1. The van der Waals surface area contributed by atoms with E-state index in [4.69, 9.17) is 0 Å². The SMILES string of the molecule is CCC(CC)C(CCCS(=O)(=O)CC)NC. The summed E-state index contributed by atoms with van der Waals surface area (Å²) in [6.07, 6.45) is 4.05. The first-order valence-corrected chi connectivity index (χ1v) is 8.20. The molecular weight excluding hydrogens is 222 g/mol. The number of rotatable bonds is 9. The van der Waals surface area contributed by atoms with Crippen LogP contribution in [0.3, 0.4) is 0 Å². The quantitative estimate of drug-likeness (QED) is 0.681. The molecule has 0 aliphatic carbocycles. The van der Waals surface area contributed by atoms with Gasteiger partial charge in [0.15, 0.2) is 0 Å². The fourth-order valence-electron chi connectivity index (χ4n) is 2.14. The molecule has 1 N–H and O–H groups in total. The summed E-state index contributed by atoms with van der Waals surface area (Å²) in [5.74, 6) is 1.26. The standard InChI is InChI=1S/C12H27NO2S/c1-5-11(6-2)12(13-4)9-8-10-16(14,15)7-3/h11-13H,5-10H2,1-4H3. The number of hydrogen-bond acceptors (Lipinski definition) is 3. The van der Waals surface area contributed by atoms with E-state index in [1.54, 1.807) is 6.92 Å². The van der Waals surface area contributed by atoms with Gasteiger partial charge in [0.1, 0.15) is 9.84 Å². The molecule has 0 aromatic rings. The van der Waals surface area contributed by atoms with E-state index in [0.29, 0.717) is 17.7 Å². The average molecular weight is 249 g/mol. The van der Waals surface area contributed by atoms with Crippen LogP contribution in [-0.2, 0) is 9.84 Å². The monoisotopic (exact) mass is 249 g/mol.